The number of carbonyl (C=O) groups excluding carboxylic acids is 2. The zero-order valence-corrected chi connectivity index (χ0v) is 17.2. The molecule has 0 aliphatic carbocycles. The van der Waals surface area contributed by atoms with E-state index in [1.54, 1.807) is 24.3 Å². The van der Waals surface area contributed by atoms with E-state index in [9.17, 15) is 9.59 Å². The first kappa shape index (κ1) is 19.6. The number of furan rings is 1. The van der Waals surface area contributed by atoms with Gasteiger partial charge in [0.15, 0.2) is 0 Å². The summed E-state index contributed by atoms with van der Waals surface area (Å²) >= 11 is 0. The third-order valence-corrected chi connectivity index (χ3v) is 5.30. The molecule has 4 aromatic rings. The van der Waals surface area contributed by atoms with Crippen molar-refractivity contribution >= 4 is 34.2 Å². The lowest BCUT2D eigenvalue weighted by atomic mass is 10.0. The Balaban J connectivity index is 1.67. The number of nitrogens with zero attached hydrogens (tertiary/aromatic N) is 1. The van der Waals surface area contributed by atoms with E-state index in [1.807, 2.05) is 54.6 Å². The smallest absolute Gasteiger partial charge is 0.295 e. The van der Waals surface area contributed by atoms with Crippen LogP contribution >= 0.6 is 0 Å². The molecule has 1 aromatic heterocycles. The van der Waals surface area contributed by atoms with Crippen LogP contribution in [-0.2, 0) is 4.79 Å². The molecule has 1 N–H and O–H groups in total. The first-order valence-electron chi connectivity index (χ1n) is 10.2. The van der Waals surface area contributed by atoms with Crippen molar-refractivity contribution in [1.29, 1.82) is 0 Å². The molecule has 3 aromatic carbocycles. The highest BCUT2D eigenvalue weighted by molar-refractivity contribution is 6.18. The minimum atomic E-state index is -0.379. The van der Waals surface area contributed by atoms with Gasteiger partial charge in [0.05, 0.1) is 11.4 Å². The molecule has 1 aliphatic heterocycles. The number of ether oxygens (including phenoxy) is 1. The summed E-state index contributed by atoms with van der Waals surface area (Å²) in [5.74, 6) is 0.162. The monoisotopic (exact) mass is 424 g/mol. The zero-order chi connectivity index (χ0) is 22.1. The third-order valence-electron chi connectivity index (χ3n) is 5.30. The lowest BCUT2D eigenvalue weighted by Crippen LogP contribution is -2.42. The van der Waals surface area contributed by atoms with Gasteiger partial charge < -0.3 is 14.5 Å². The predicted molar refractivity (Wildman–Crippen MR) is 124 cm³/mol. The lowest BCUT2D eigenvalue weighted by Gasteiger charge is -2.28. The van der Waals surface area contributed by atoms with E-state index in [1.165, 1.54) is 4.90 Å². The fourth-order valence-corrected chi connectivity index (χ4v) is 3.90. The Hall–Kier alpha value is -4.32. The largest absolute Gasteiger partial charge is 0.489 e. The summed E-state index contributed by atoms with van der Waals surface area (Å²) in [7, 11) is 0. The molecule has 2 amide bonds. The summed E-state index contributed by atoms with van der Waals surface area (Å²) in [4.78, 5) is 27.5. The molecule has 0 atom stereocenters. The molecule has 0 bridgehead atoms. The van der Waals surface area contributed by atoms with Gasteiger partial charge in [0.2, 0.25) is 11.7 Å². The molecule has 2 heterocycles. The topological polar surface area (TPSA) is 71.8 Å². The van der Waals surface area contributed by atoms with Crippen LogP contribution < -0.4 is 15.0 Å². The standard InChI is InChI=1S/C26H20N2O4/c1-2-14-31-18-12-13-19-22(15-18)32-25(24(19)17-8-4-3-5-9-17)26(30)28-16-23(29)27-20-10-6-7-11-21(20)28/h2-13,15H,1,14,16H2,(H,27,29). The molecule has 0 radical (unpaired) electrons. The van der Waals surface area contributed by atoms with Crippen LogP contribution in [0.2, 0.25) is 0 Å². The van der Waals surface area contributed by atoms with E-state index in [4.69, 9.17) is 9.15 Å². The van der Waals surface area contributed by atoms with Crippen LogP contribution in [0.25, 0.3) is 22.1 Å². The van der Waals surface area contributed by atoms with Gasteiger partial charge in [-0.3, -0.25) is 14.5 Å². The van der Waals surface area contributed by atoms with E-state index in [2.05, 4.69) is 11.9 Å². The Morgan fingerprint density at radius 2 is 1.88 bits per heavy atom. The maximum Gasteiger partial charge on any atom is 0.295 e. The van der Waals surface area contributed by atoms with Crippen molar-refractivity contribution in [2.24, 2.45) is 0 Å². The molecule has 0 spiro atoms. The molecular formula is C26H20N2O4. The van der Waals surface area contributed by atoms with Crippen LogP contribution in [0.15, 0.2) is 89.9 Å². The van der Waals surface area contributed by atoms with E-state index in [0.29, 0.717) is 34.9 Å². The first-order chi connectivity index (χ1) is 15.7. The molecule has 5 rings (SSSR count). The van der Waals surface area contributed by atoms with E-state index in [-0.39, 0.29) is 24.1 Å². The Labute approximate surface area is 184 Å². The van der Waals surface area contributed by atoms with Gasteiger partial charge in [-0.25, -0.2) is 0 Å². The van der Waals surface area contributed by atoms with Crippen molar-refractivity contribution in [3.8, 4) is 16.9 Å². The maximum absolute atomic E-state index is 13.7. The highest BCUT2D eigenvalue weighted by atomic mass is 16.5. The Morgan fingerprint density at radius 3 is 2.69 bits per heavy atom. The van der Waals surface area contributed by atoms with Gasteiger partial charge in [-0.05, 0) is 29.8 Å². The fourth-order valence-electron chi connectivity index (χ4n) is 3.90. The quantitative estimate of drug-likeness (QED) is 0.444. The summed E-state index contributed by atoms with van der Waals surface area (Å²) in [5.41, 5.74) is 3.29. The number of hydrogen-bond acceptors (Lipinski definition) is 4. The molecule has 32 heavy (non-hydrogen) atoms. The summed E-state index contributed by atoms with van der Waals surface area (Å²) < 4.78 is 11.7. The highest BCUT2D eigenvalue weighted by Gasteiger charge is 2.32. The first-order valence-corrected chi connectivity index (χ1v) is 10.2. The number of rotatable bonds is 5. The van der Waals surface area contributed by atoms with E-state index in [0.717, 1.165) is 10.9 Å². The highest BCUT2D eigenvalue weighted by Crippen LogP contribution is 2.39. The molecular weight excluding hydrogens is 404 g/mol. The fraction of sp³-hybridized carbons (Fsp3) is 0.0769. The average Bonchev–Trinajstić information content (AvgIpc) is 3.21. The van der Waals surface area contributed by atoms with Crippen LogP contribution in [0.5, 0.6) is 5.75 Å². The van der Waals surface area contributed by atoms with E-state index < -0.39 is 0 Å². The molecule has 0 saturated carbocycles. The number of nitrogens with one attached hydrogen (secondary N) is 1. The number of hydrogen-bond donors (Lipinski definition) is 1. The van der Waals surface area contributed by atoms with Gasteiger partial charge in [-0.2, -0.15) is 0 Å². The number of carbonyl (C=O) groups is 2. The Morgan fingerprint density at radius 1 is 1.09 bits per heavy atom. The van der Waals surface area contributed by atoms with E-state index >= 15 is 0 Å². The summed E-state index contributed by atoms with van der Waals surface area (Å²) in [6.45, 7) is 3.94. The van der Waals surface area contributed by atoms with Gasteiger partial charge in [0, 0.05) is 17.0 Å². The normalized spacial score (nSPS) is 12.9. The van der Waals surface area contributed by atoms with Gasteiger partial charge in [0.25, 0.3) is 5.91 Å². The van der Waals surface area contributed by atoms with Crippen molar-refractivity contribution in [2.45, 2.75) is 0 Å². The van der Waals surface area contributed by atoms with Crippen LogP contribution in [0.4, 0.5) is 11.4 Å². The molecule has 158 valence electrons. The van der Waals surface area contributed by atoms with Crippen molar-refractivity contribution < 1.29 is 18.7 Å². The van der Waals surface area contributed by atoms with Crippen molar-refractivity contribution in [3.05, 3.63) is 91.2 Å². The SMILES string of the molecule is C=CCOc1ccc2c(-c3ccccc3)c(C(=O)N3CC(=O)Nc4ccccc43)oc2c1. The minimum Gasteiger partial charge on any atom is -0.489 e. The second kappa shape index (κ2) is 8.07. The van der Waals surface area contributed by atoms with Gasteiger partial charge in [0.1, 0.15) is 24.5 Å². The second-order valence-corrected chi connectivity index (χ2v) is 7.39. The zero-order valence-electron chi connectivity index (χ0n) is 17.2. The molecule has 6 heteroatoms. The lowest BCUT2D eigenvalue weighted by molar-refractivity contribution is -0.115. The Kier molecular flexibility index (Phi) is 4.95. The predicted octanol–water partition coefficient (Wildman–Crippen LogP) is 5.26. The molecule has 6 nitrogen and oxygen atoms in total. The minimum absolute atomic E-state index is 0.0885. The molecule has 0 fully saturated rings. The average molecular weight is 424 g/mol. The molecule has 1 aliphatic rings. The van der Waals surface area contributed by atoms with Crippen LogP contribution in [-0.4, -0.2) is 25.0 Å². The number of fused-ring (bicyclic) bond motifs is 2. The van der Waals surface area contributed by atoms with Crippen LogP contribution in [0.1, 0.15) is 10.6 Å². The second-order valence-electron chi connectivity index (χ2n) is 7.39. The number of anilines is 2. The summed E-state index contributed by atoms with van der Waals surface area (Å²) in [6, 6.07) is 22.3. The van der Waals surface area contributed by atoms with Gasteiger partial charge >= 0.3 is 0 Å². The maximum atomic E-state index is 13.7. The van der Waals surface area contributed by atoms with Gasteiger partial charge in [-0.15, -0.1) is 0 Å². The molecule has 0 saturated heterocycles. The van der Waals surface area contributed by atoms with Gasteiger partial charge in [-0.1, -0.05) is 55.1 Å². The third kappa shape index (κ3) is 3.41. The van der Waals surface area contributed by atoms with Crippen molar-refractivity contribution in [1.82, 2.24) is 0 Å². The van der Waals surface area contributed by atoms with Crippen LogP contribution in [0, 0.1) is 0 Å². The number of amides is 2. The number of para-hydroxylation sites is 2. The van der Waals surface area contributed by atoms with Crippen molar-refractivity contribution in [2.75, 3.05) is 23.4 Å². The Bertz CT molecular complexity index is 1340. The van der Waals surface area contributed by atoms with Crippen LogP contribution in [0.3, 0.4) is 0 Å². The number of benzene rings is 3. The van der Waals surface area contributed by atoms with Crippen molar-refractivity contribution in [3.63, 3.8) is 0 Å². The summed E-state index contributed by atoms with van der Waals surface area (Å²) in [6.07, 6.45) is 1.66. The summed E-state index contributed by atoms with van der Waals surface area (Å²) in [5, 5.41) is 3.60. The molecule has 0 unspecified atom stereocenters.